The molecule has 0 radical (unpaired) electrons. The maximum Gasteiger partial charge on any atom is 0.0659 e. The molecule has 0 aliphatic heterocycles. The Bertz CT molecular complexity index is 414. The summed E-state index contributed by atoms with van der Waals surface area (Å²) in [5.41, 5.74) is 4.38. The summed E-state index contributed by atoms with van der Waals surface area (Å²) in [6, 6.07) is 9.28. The van der Waals surface area contributed by atoms with Crippen LogP contribution >= 0.6 is 0 Å². The van der Waals surface area contributed by atoms with E-state index in [2.05, 4.69) is 31.2 Å². The molecule has 1 aromatic rings. The van der Waals surface area contributed by atoms with Crippen molar-refractivity contribution in [3.05, 3.63) is 34.9 Å². The van der Waals surface area contributed by atoms with E-state index in [1.807, 2.05) is 0 Å². The molecule has 0 saturated carbocycles. The highest BCUT2D eigenvalue weighted by atomic mass is 14.3. The molecule has 0 amide bonds. The molecule has 90 valence electrons. The Kier molecular flexibility index (Phi) is 4.20. The fraction of sp³-hybridized carbons (Fsp3) is 0.562. The van der Waals surface area contributed by atoms with Crippen LogP contribution < -0.4 is 0 Å². The first-order valence-electron chi connectivity index (χ1n) is 6.83. The van der Waals surface area contributed by atoms with Gasteiger partial charge < -0.3 is 0 Å². The lowest BCUT2D eigenvalue weighted by atomic mass is 9.83. The number of nitriles is 1. The average molecular weight is 227 g/mol. The zero-order chi connectivity index (χ0) is 12.1. The number of hydrogen-bond donors (Lipinski definition) is 0. The first-order chi connectivity index (χ1) is 8.33. The van der Waals surface area contributed by atoms with Crippen LogP contribution in [0.4, 0.5) is 0 Å². The molecular formula is C16H21N. The molecule has 0 spiro atoms. The van der Waals surface area contributed by atoms with Crippen molar-refractivity contribution in [2.45, 2.75) is 51.9 Å². The van der Waals surface area contributed by atoms with Crippen LogP contribution in [0.15, 0.2) is 18.2 Å². The van der Waals surface area contributed by atoms with E-state index in [9.17, 15) is 0 Å². The lowest BCUT2D eigenvalue weighted by Gasteiger charge is -2.20. The van der Waals surface area contributed by atoms with Crippen LogP contribution in [0.3, 0.4) is 0 Å². The SMILES string of the molecule is CCCCCc1ccc2c(c1)CCC(C#N)C2. The fourth-order valence-electron chi connectivity index (χ4n) is 2.65. The maximum absolute atomic E-state index is 8.96. The van der Waals surface area contributed by atoms with Gasteiger partial charge in [0.15, 0.2) is 0 Å². The zero-order valence-electron chi connectivity index (χ0n) is 10.7. The van der Waals surface area contributed by atoms with Gasteiger partial charge in [0.25, 0.3) is 0 Å². The summed E-state index contributed by atoms with van der Waals surface area (Å²) in [6.07, 6.45) is 8.22. The van der Waals surface area contributed by atoms with Gasteiger partial charge in [-0.25, -0.2) is 0 Å². The van der Waals surface area contributed by atoms with Crippen LogP contribution in [0, 0.1) is 17.2 Å². The zero-order valence-corrected chi connectivity index (χ0v) is 10.7. The Labute approximate surface area is 104 Å². The van der Waals surface area contributed by atoms with E-state index >= 15 is 0 Å². The summed E-state index contributed by atoms with van der Waals surface area (Å²) in [6.45, 7) is 2.24. The largest absolute Gasteiger partial charge is 0.198 e. The summed E-state index contributed by atoms with van der Waals surface area (Å²) in [5.74, 6) is 0.244. The number of fused-ring (bicyclic) bond motifs is 1. The molecule has 1 aromatic carbocycles. The van der Waals surface area contributed by atoms with Crippen molar-refractivity contribution in [3.8, 4) is 6.07 Å². The number of aryl methyl sites for hydroxylation is 2. The molecule has 0 N–H and O–H groups in total. The van der Waals surface area contributed by atoms with Gasteiger partial charge in [0, 0.05) is 0 Å². The van der Waals surface area contributed by atoms with Gasteiger partial charge in [-0.2, -0.15) is 5.26 Å². The van der Waals surface area contributed by atoms with Gasteiger partial charge in [-0.1, -0.05) is 38.0 Å². The van der Waals surface area contributed by atoms with Gasteiger partial charge in [-0.3, -0.25) is 0 Å². The first-order valence-corrected chi connectivity index (χ1v) is 6.83. The third-order valence-corrected chi connectivity index (χ3v) is 3.75. The minimum absolute atomic E-state index is 0.244. The van der Waals surface area contributed by atoms with Crippen molar-refractivity contribution in [2.75, 3.05) is 0 Å². The number of rotatable bonds is 4. The molecule has 1 nitrogen and oxygen atoms in total. The minimum Gasteiger partial charge on any atom is -0.198 e. The topological polar surface area (TPSA) is 23.8 Å². The van der Waals surface area contributed by atoms with Crippen LogP contribution in [0.2, 0.25) is 0 Å². The Morgan fingerprint density at radius 1 is 1.29 bits per heavy atom. The van der Waals surface area contributed by atoms with E-state index in [1.54, 1.807) is 0 Å². The third kappa shape index (κ3) is 3.09. The second kappa shape index (κ2) is 5.87. The number of hydrogen-bond acceptors (Lipinski definition) is 1. The Morgan fingerprint density at radius 2 is 2.18 bits per heavy atom. The smallest absolute Gasteiger partial charge is 0.0659 e. The quantitative estimate of drug-likeness (QED) is 0.712. The van der Waals surface area contributed by atoms with E-state index in [1.165, 1.54) is 42.4 Å². The van der Waals surface area contributed by atoms with Gasteiger partial charge in [-0.05, 0) is 48.8 Å². The lowest BCUT2D eigenvalue weighted by molar-refractivity contribution is 0.563. The summed E-state index contributed by atoms with van der Waals surface area (Å²) >= 11 is 0. The van der Waals surface area contributed by atoms with Crippen LogP contribution in [-0.2, 0) is 19.3 Å². The van der Waals surface area contributed by atoms with E-state index in [4.69, 9.17) is 5.26 Å². The van der Waals surface area contributed by atoms with Crippen molar-refractivity contribution in [3.63, 3.8) is 0 Å². The Balaban J connectivity index is 2.03. The van der Waals surface area contributed by atoms with Crippen molar-refractivity contribution in [2.24, 2.45) is 5.92 Å². The number of unbranched alkanes of at least 4 members (excludes halogenated alkanes) is 2. The summed E-state index contributed by atoms with van der Waals surface area (Å²) in [4.78, 5) is 0. The highest BCUT2D eigenvalue weighted by Crippen LogP contribution is 2.26. The van der Waals surface area contributed by atoms with E-state index in [-0.39, 0.29) is 5.92 Å². The average Bonchev–Trinajstić information content (AvgIpc) is 2.38. The van der Waals surface area contributed by atoms with Crippen molar-refractivity contribution in [1.29, 1.82) is 5.26 Å². The van der Waals surface area contributed by atoms with Crippen molar-refractivity contribution < 1.29 is 0 Å². The molecule has 1 aliphatic carbocycles. The van der Waals surface area contributed by atoms with E-state index in [0.29, 0.717) is 0 Å². The van der Waals surface area contributed by atoms with Crippen LogP contribution in [0.25, 0.3) is 0 Å². The maximum atomic E-state index is 8.96. The third-order valence-electron chi connectivity index (χ3n) is 3.75. The second-order valence-corrected chi connectivity index (χ2v) is 5.13. The Hall–Kier alpha value is -1.29. The van der Waals surface area contributed by atoms with Gasteiger partial charge in [0.1, 0.15) is 0 Å². The molecular weight excluding hydrogens is 206 g/mol. The van der Waals surface area contributed by atoms with Gasteiger partial charge in [0.05, 0.1) is 12.0 Å². The normalized spacial score (nSPS) is 18.5. The predicted octanol–water partition coefficient (Wildman–Crippen LogP) is 4.05. The number of nitrogens with zero attached hydrogens (tertiary/aromatic N) is 1. The van der Waals surface area contributed by atoms with E-state index in [0.717, 1.165) is 19.3 Å². The van der Waals surface area contributed by atoms with E-state index < -0.39 is 0 Å². The van der Waals surface area contributed by atoms with Crippen LogP contribution in [0.5, 0.6) is 0 Å². The molecule has 0 heterocycles. The highest BCUT2D eigenvalue weighted by molar-refractivity contribution is 5.35. The summed E-state index contributed by atoms with van der Waals surface area (Å²) in [7, 11) is 0. The van der Waals surface area contributed by atoms with Crippen molar-refractivity contribution >= 4 is 0 Å². The molecule has 1 heteroatoms. The first kappa shape index (κ1) is 12.2. The minimum atomic E-state index is 0.244. The molecule has 0 fully saturated rings. The molecule has 0 aromatic heterocycles. The van der Waals surface area contributed by atoms with Gasteiger partial charge in [-0.15, -0.1) is 0 Å². The van der Waals surface area contributed by atoms with Gasteiger partial charge in [0.2, 0.25) is 0 Å². The summed E-state index contributed by atoms with van der Waals surface area (Å²) in [5, 5.41) is 8.96. The second-order valence-electron chi connectivity index (χ2n) is 5.13. The molecule has 2 rings (SSSR count). The Morgan fingerprint density at radius 3 is 2.94 bits per heavy atom. The molecule has 0 saturated heterocycles. The molecule has 1 unspecified atom stereocenters. The van der Waals surface area contributed by atoms with Crippen molar-refractivity contribution in [1.82, 2.24) is 0 Å². The molecule has 1 atom stereocenters. The van der Waals surface area contributed by atoms with Crippen LogP contribution in [0.1, 0.15) is 49.3 Å². The standard InChI is InChI=1S/C16H21N/c1-2-3-4-5-13-6-8-16-11-14(12-17)7-9-15(16)10-13/h6,8,10,14H,2-5,7,9,11H2,1H3. The monoisotopic (exact) mass is 227 g/mol. The van der Waals surface area contributed by atoms with Crippen LogP contribution in [-0.4, -0.2) is 0 Å². The highest BCUT2D eigenvalue weighted by Gasteiger charge is 2.17. The fourth-order valence-corrected chi connectivity index (χ4v) is 2.65. The molecule has 0 bridgehead atoms. The molecule has 1 aliphatic rings. The number of benzene rings is 1. The predicted molar refractivity (Wildman–Crippen MR) is 70.8 cm³/mol. The molecule has 17 heavy (non-hydrogen) atoms. The lowest BCUT2D eigenvalue weighted by Crippen LogP contribution is -2.12. The summed E-state index contributed by atoms with van der Waals surface area (Å²) < 4.78 is 0. The van der Waals surface area contributed by atoms with Gasteiger partial charge >= 0.3 is 0 Å².